The molecule has 0 saturated heterocycles. The van der Waals surface area contributed by atoms with E-state index in [1.165, 1.54) is 7.11 Å². The molecule has 0 aliphatic carbocycles. The molecule has 0 aromatic heterocycles. The highest BCUT2D eigenvalue weighted by atomic mass is 35.5. The van der Waals surface area contributed by atoms with Gasteiger partial charge in [-0.15, -0.1) is 0 Å². The predicted octanol–water partition coefficient (Wildman–Crippen LogP) is 1.63. The van der Waals surface area contributed by atoms with Crippen molar-refractivity contribution >= 4 is 28.1 Å². The van der Waals surface area contributed by atoms with Gasteiger partial charge in [0.05, 0.1) is 15.7 Å². The molecule has 0 saturated carbocycles. The van der Waals surface area contributed by atoms with E-state index in [9.17, 15) is 4.21 Å². The zero-order valence-electron chi connectivity index (χ0n) is 7.12. The maximum atomic E-state index is 11.5. The Morgan fingerprint density at radius 3 is 2.92 bits per heavy atom. The van der Waals surface area contributed by atoms with E-state index < -0.39 is 10.8 Å². The molecular weight excluding hydrogens is 210 g/mol. The number of ether oxygens (including phenoxy) is 1. The van der Waals surface area contributed by atoms with Crippen LogP contribution in [0.4, 0.5) is 5.69 Å². The van der Waals surface area contributed by atoms with E-state index in [4.69, 9.17) is 22.1 Å². The average molecular weight is 220 g/mol. The average Bonchev–Trinajstić information content (AvgIpc) is 2.09. The Hall–Kier alpha value is -0.580. The molecule has 0 radical (unpaired) electrons. The van der Waals surface area contributed by atoms with Gasteiger partial charge in [0.2, 0.25) is 0 Å². The van der Waals surface area contributed by atoms with Crippen LogP contribution >= 0.6 is 11.6 Å². The Labute approximate surface area is 84.3 Å². The van der Waals surface area contributed by atoms with E-state index in [1.54, 1.807) is 18.2 Å². The maximum Gasteiger partial charge on any atom is 0.126 e. The number of rotatable bonds is 3. The van der Waals surface area contributed by atoms with E-state index >= 15 is 0 Å². The molecule has 0 fully saturated rings. The first-order valence-electron chi connectivity index (χ1n) is 3.57. The van der Waals surface area contributed by atoms with Crippen molar-refractivity contribution in [1.29, 1.82) is 0 Å². The van der Waals surface area contributed by atoms with Gasteiger partial charge >= 0.3 is 0 Å². The molecule has 0 heterocycles. The molecule has 0 amide bonds. The van der Waals surface area contributed by atoms with Gasteiger partial charge in [0.15, 0.2) is 0 Å². The normalized spacial score (nSPS) is 12.8. The van der Waals surface area contributed by atoms with E-state index in [-0.39, 0.29) is 5.94 Å². The van der Waals surface area contributed by atoms with Crippen molar-refractivity contribution in [3.05, 3.63) is 23.2 Å². The van der Waals surface area contributed by atoms with Gasteiger partial charge in [-0.2, -0.15) is 0 Å². The summed E-state index contributed by atoms with van der Waals surface area (Å²) in [5, 5.41) is 0.522. The number of hydrogen-bond acceptors (Lipinski definition) is 3. The van der Waals surface area contributed by atoms with Crippen LogP contribution in [-0.4, -0.2) is 17.3 Å². The van der Waals surface area contributed by atoms with E-state index in [2.05, 4.69) is 0 Å². The fraction of sp³-hybridized carbons (Fsp3) is 0.250. The molecule has 0 bridgehead atoms. The fourth-order valence-electron chi connectivity index (χ4n) is 0.876. The van der Waals surface area contributed by atoms with Gasteiger partial charge in [-0.3, -0.25) is 4.21 Å². The quantitative estimate of drug-likeness (QED) is 0.787. The molecule has 5 heteroatoms. The summed E-state index contributed by atoms with van der Waals surface area (Å²) < 4.78 is 16.2. The van der Waals surface area contributed by atoms with E-state index in [0.29, 0.717) is 15.6 Å². The molecule has 1 aromatic rings. The minimum atomic E-state index is -1.24. The highest BCUT2D eigenvalue weighted by Crippen LogP contribution is 2.21. The number of methoxy groups -OCH3 is 1. The topological polar surface area (TPSA) is 52.3 Å². The minimum Gasteiger partial charge on any atom is -0.398 e. The number of halogens is 1. The highest BCUT2D eigenvalue weighted by molar-refractivity contribution is 7.85. The van der Waals surface area contributed by atoms with Crippen LogP contribution in [-0.2, 0) is 15.5 Å². The number of benzene rings is 1. The molecule has 13 heavy (non-hydrogen) atoms. The third-order valence-corrected chi connectivity index (χ3v) is 2.97. The van der Waals surface area contributed by atoms with Crippen molar-refractivity contribution in [3.63, 3.8) is 0 Å². The van der Waals surface area contributed by atoms with Crippen molar-refractivity contribution in [2.24, 2.45) is 0 Å². The van der Waals surface area contributed by atoms with Crippen molar-refractivity contribution in [2.45, 2.75) is 4.90 Å². The lowest BCUT2D eigenvalue weighted by Crippen LogP contribution is -2.03. The number of nitrogens with two attached hydrogens (primary N) is 1. The second-order valence-corrected chi connectivity index (χ2v) is 4.24. The van der Waals surface area contributed by atoms with Crippen LogP contribution in [0.5, 0.6) is 0 Å². The van der Waals surface area contributed by atoms with Crippen molar-refractivity contribution in [3.8, 4) is 0 Å². The molecule has 72 valence electrons. The first kappa shape index (κ1) is 10.5. The molecule has 0 aliphatic rings. The zero-order valence-corrected chi connectivity index (χ0v) is 8.69. The Morgan fingerprint density at radius 1 is 1.62 bits per heavy atom. The number of nitrogen functional groups attached to an aromatic ring is 1. The molecule has 2 N–H and O–H groups in total. The molecule has 0 aliphatic heterocycles. The van der Waals surface area contributed by atoms with Gasteiger partial charge in [-0.1, -0.05) is 11.6 Å². The fourth-order valence-corrected chi connectivity index (χ4v) is 2.04. The predicted molar refractivity (Wildman–Crippen MR) is 54.1 cm³/mol. The van der Waals surface area contributed by atoms with Crippen LogP contribution in [0.2, 0.25) is 5.02 Å². The van der Waals surface area contributed by atoms with Crippen molar-refractivity contribution < 1.29 is 8.95 Å². The van der Waals surface area contributed by atoms with Crippen LogP contribution in [0.25, 0.3) is 0 Å². The second-order valence-electron chi connectivity index (χ2n) is 2.43. The summed E-state index contributed by atoms with van der Waals surface area (Å²) in [4.78, 5) is 0.523. The van der Waals surface area contributed by atoms with Gasteiger partial charge in [0, 0.05) is 17.8 Å². The Balaban J connectivity index is 2.99. The van der Waals surface area contributed by atoms with Crippen LogP contribution in [0.3, 0.4) is 0 Å². The summed E-state index contributed by atoms with van der Waals surface area (Å²) in [5.41, 5.74) is 6.09. The summed E-state index contributed by atoms with van der Waals surface area (Å²) in [5.74, 6) is 0.130. The number of anilines is 1. The molecule has 1 atom stereocenters. The molecule has 0 spiro atoms. The van der Waals surface area contributed by atoms with Crippen LogP contribution in [0.15, 0.2) is 23.1 Å². The smallest absolute Gasteiger partial charge is 0.126 e. The minimum absolute atomic E-state index is 0.130. The van der Waals surface area contributed by atoms with Crippen LogP contribution in [0.1, 0.15) is 0 Å². The summed E-state index contributed by atoms with van der Waals surface area (Å²) in [6.45, 7) is 0. The monoisotopic (exact) mass is 219 g/mol. The van der Waals surface area contributed by atoms with Gasteiger partial charge < -0.3 is 10.5 Å². The number of hydrogen-bond donors (Lipinski definition) is 1. The van der Waals surface area contributed by atoms with E-state index in [1.807, 2.05) is 0 Å². The lowest BCUT2D eigenvalue weighted by atomic mass is 10.3. The third kappa shape index (κ3) is 2.69. The van der Waals surface area contributed by atoms with Crippen molar-refractivity contribution in [1.82, 2.24) is 0 Å². The van der Waals surface area contributed by atoms with Gasteiger partial charge in [0.1, 0.15) is 5.94 Å². The molecule has 1 aromatic carbocycles. The SMILES string of the molecule is COCS(=O)c1cc(Cl)ccc1N. The Morgan fingerprint density at radius 2 is 2.31 bits per heavy atom. The second kappa shape index (κ2) is 4.60. The Bertz CT molecular complexity index is 330. The largest absolute Gasteiger partial charge is 0.398 e. The van der Waals surface area contributed by atoms with Crippen LogP contribution in [0, 0.1) is 0 Å². The molecule has 3 nitrogen and oxygen atoms in total. The third-order valence-electron chi connectivity index (χ3n) is 1.45. The summed E-state index contributed by atoms with van der Waals surface area (Å²) in [6, 6.07) is 4.88. The van der Waals surface area contributed by atoms with Gasteiger partial charge in [-0.05, 0) is 18.2 Å². The summed E-state index contributed by atoms with van der Waals surface area (Å²) >= 11 is 5.73. The lowest BCUT2D eigenvalue weighted by molar-refractivity contribution is 0.254. The molecule has 1 rings (SSSR count). The Kier molecular flexibility index (Phi) is 3.71. The maximum absolute atomic E-state index is 11.5. The van der Waals surface area contributed by atoms with E-state index in [0.717, 1.165) is 0 Å². The first-order valence-corrected chi connectivity index (χ1v) is 5.27. The first-order chi connectivity index (χ1) is 6.15. The lowest BCUT2D eigenvalue weighted by Gasteiger charge is -2.04. The summed E-state index contributed by atoms with van der Waals surface area (Å²) in [6.07, 6.45) is 0. The van der Waals surface area contributed by atoms with Gasteiger partial charge in [0.25, 0.3) is 0 Å². The molecular formula is C8H10ClNO2S. The molecule has 1 unspecified atom stereocenters. The van der Waals surface area contributed by atoms with Crippen LogP contribution < -0.4 is 5.73 Å². The zero-order chi connectivity index (χ0) is 9.84. The summed E-state index contributed by atoms with van der Waals surface area (Å²) in [7, 11) is 0.248. The van der Waals surface area contributed by atoms with Gasteiger partial charge in [-0.25, -0.2) is 0 Å². The highest BCUT2D eigenvalue weighted by Gasteiger charge is 2.07. The standard InChI is InChI=1S/C8H10ClNO2S/c1-12-5-13(11)8-4-6(9)2-3-7(8)10/h2-4H,5,10H2,1H3. The van der Waals surface area contributed by atoms with Crippen molar-refractivity contribution in [2.75, 3.05) is 18.8 Å².